The van der Waals surface area contributed by atoms with E-state index < -0.39 is 15.9 Å². The summed E-state index contributed by atoms with van der Waals surface area (Å²) in [5.41, 5.74) is 3.94. The highest BCUT2D eigenvalue weighted by Gasteiger charge is 2.60. The second-order valence-corrected chi connectivity index (χ2v) is 10.4. The van der Waals surface area contributed by atoms with Crippen molar-refractivity contribution in [2.24, 2.45) is 21.8 Å². The number of nitrogens with zero attached hydrogens (tertiary/aromatic N) is 1. The number of benzene rings is 1. The summed E-state index contributed by atoms with van der Waals surface area (Å²) in [6.45, 7) is 10.3. The summed E-state index contributed by atoms with van der Waals surface area (Å²) in [7, 11) is -3.84. The summed E-state index contributed by atoms with van der Waals surface area (Å²) in [6, 6.07) is 4.14. The van der Waals surface area contributed by atoms with Crippen LogP contribution in [0.4, 0.5) is 0 Å². The minimum atomic E-state index is -3.84. The predicted molar refractivity (Wildman–Crippen MR) is 111 cm³/mol. The van der Waals surface area contributed by atoms with Crippen LogP contribution in [-0.4, -0.2) is 26.6 Å². The van der Waals surface area contributed by atoms with Gasteiger partial charge in [0.1, 0.15) is 4.90 Å². The first-order chi connectivity index (χ1) is 13.0. The van der Waals surface area contributed by atoms with Crippen LogP contribution in [0.1, 0.15) is 50.4 Å². The van der Waals surface area contributed by atoms with Gasteiger partial charge < -0.3 is 0 Å². The van der Waals surface area contributed by atoms with E-state index in [0.29, 0.717) is 5.92 Å². The van der Waals surface area contributed by atoms with Gasteiger partial charge in [0.05, 0.1) is 5.02 Å². The molecule has 8 heteroatoms. The molecule has 0 unspecified atom stereocenters. The van der Waals surface area contributed by atoms with E-state index in [9.17, 15) is 13.2 Å². The normalized spacial score (nSPS) is 27.1. The molecule has 6 nitrogen and oxygen atoms in total. The molecule has 1 aromatic rings. The van der Waals surface area contributed by atoms with Crippen molar-refractivity contribution in [3.05, 3.63) is 41.4 Å². The Bertz CT molecular complexity index is 955. The number of fused-ring (bicyclic) bond motifs is 2. The number of amides is 1. The Morgan fingerprint density at radius 3 is 2.68 bits per heavy atom. The number of rotatable bonds is 6. The molecule has 2 bridgehead atoms. The van der Waals surface area contributed by atoms with E-state index in [-0.39, 0.29) is 32.9 Å². The maximum atomic E-state index is 12.6. The number of halogens is 1. The Balaban J connectivity index is 1.81. The Morgan fingerprint density at radius 2 is 2.11 bits per heavy atom. The lowest BCUT2D eigenvalue weighted by Gasteiger charge is -2.34. The van der Waals surface area contributed by atoms with Gasteiger partial charge in [-0.05, 0) is 48.8 Å². The van der Waals surface area contributed by atoms with Crippen LogP contribution in [0.25, 0.3) is 0 Å². The third-order valence-corrected chi connectivity index (χ3v) is 8.61. The number of hydrazone groups is 1. The van der Waals surface area contributed by atoms with Crippen LogP contribution < -0.4 is 10.1 Å². The number of hydrogen-bond donors (Lipinski definition) is 2. The molecule has 2 saturated carbocycles. The molecule has 0 aliphatic heterocycles. The zero-order valence-corrected chi connectivity index (χ0v) is 18.0. The van der Waals surface area contributed by atoms with Crippen LogP contribution in [0.5, 0.6) is 0 Å². The highest BCUT2D eigenvalue weighted by atomic mass is 35.5. The summed E-state index contributed by atoms with van der Waals surface area (Å²) < 4.78 is 27.1. The van der Waals surface area contributed by atoms with Crippen LogP contribution in [0.15, 0.2) is 40.9 Å². The average Bonchev–Trinajstić information content (AvgIpc) is 2.98. The molecule has 2 aliphatic carbocycles. The van der Waals surface area contributed by atoms with Crippen LogP contribution in [0, 0.1) is 16.7 Å². The maximum Gasteiger partial charge on any atom is 0.271 e. The Labute approximate surface area is 171 Å². The number of sulfonamides is 1. The first kappa shape index (κ1) is 21.0. The van der Waals surface area contributed by atoms with E-state index in [1.54, 1.807) is 0 Å². The first-order valence-electron chi connectivity index (χ1n) is 9.30. The van der Waals surface area contributed by atoms with E-state index in [4.69, 9.17) is 11.6 Å². The Hall–Kier alpha value is -1.70. The SMILES string of the molecule is C=CCNS(=O)(=O)c1cc(C(=O)N/N=C2\C[C@H]3CC[C@@]2(C)C3(C)C)ccc1Cl. The van der Waals surface area contributed by atoms with Crippen molar-refractivity contribution in [2.45, 2.75) is 44.9 Å². The maximum absolute atomic E-state index is 12.6. The summed E-state index contributed by atoms with van der Waals surface area (Å²) in [4.78, 5) is 12.4. The smallest absolute Gasteiger partial charge is 0.267 e. The lowest BCUT2D eigenvalue weighted by molar-refractivity contribution is 0.0953. The van der Waals surface area contributed by atoms with Crippen molar-refractivity contribution in [1.29, 1.82) is 0 Å². The molecule has 152 valence electrons. The van der Waals surface area contributed by atoms with Crippen LogP contribution in [-0.2, 0) is 10.0 Å². The standard InChI is InChI=1S/C20H26ClN3O3S/c1-5-10-22-28(26,27)16-11-13(6-7-15(16)21)18(25)24-23-17-12-14-8-9-20(17,4)19(14,2)3/h5-7,11,14,22H,1,8-10,12H2,2-4H3,(H,24,25)/b23-17+/t14-,20-/m1/s1. The molecule has 2 N–H and O–H groups in total. The zero-order chi connectivity index (χ0) is 20.7. The first-order valence-corrected chi connectivity index (χ1v) is 11.2. The van der Waals surface area contributed by atoms with Gasteiger partial charge in [0.25, 0.3) is 5.91 Å². The number of nitrogens with one attached hydrogen (secondary N) is 2. The van der Waals surface area contributed by atoms with Gasteiger partial charge in [-0.1, -0.05) is 38.4 Å². The lowest BCUT2D eigenvalue weighted by Crippen LogP contribution is -2.34. The molecule has 0 spiro atoms. The fourth-order valence-corrected chi connectivity index (χ4v) is 5.90. The molecule has 3 rings (SSSR count). The van der Waals surface area contributed by atoms with Crippen molar-refractivity contribution < 1.29 is 13.2 Å². The fourth-order valence-electron chi connectivity index (χ4n) is 4.38. The van der Waals surface area contributed by atoms with Crippen LogP contribution in [0.2, 0.25) is 5.02 Å². The van der Waals surface area contributed by atoms with Gasteiger partial charge in [0.15, 0.2) is 0 Å². The van der Waals surface area contributed by atoms with Gasteiger partial charge >= 0.3 is 0 Å². The molecule has 0 aromatic heterocycles. The van der Waals surface area contributed by atoms with Gasteiger partial charge in [-0.3, -0.25) is 4.79 Å². The van der Waals surface area contributed by atoms with Gasteiger partial charge in [-0.25, -0.2) is 18.6 Å². The molecular formula is C20H26ClN3O3S. The van der Waals surface area contributed by atoms with E-state index in [1.165, 1.54) is 30.7 Å². The molecule has 2 aliphatic rings. The van der Waals surface area contributed by atoms with Crippen molar-refractivity contribution in [1.82, 2.24) is 10.1 Å². The number of carbonyl (C=O) groups excluding carboxylic acids is 1. The molecule has 0 radical (unpaired) electrons. The van der Waals surface area contributed by atoms with Crippen molar-refractivity contribution in [3.8, 4) is 0 Å². The van der Waals surface area contributed by atoms with Gasteiger partial charge in [0.2, 0.25) is 10.0 Å². The van der Waals surface area contributed by atoms with Gasteiger partial charge in [0, 0.05) is 23.2 Å². The molecule has 28 heavy (non-hydrogen) atoms. The third kappa shape index (κ3) is 3.40. The molecule has 0 saturated heterocycles. The third-order valence-electron chi connectivity index (χ3n) is 6.71. The minimum absolute atomic E-state index is 0.0198. The summed E-state index contributed by atoms with van der Waals surface area (Å²) >= 11 is 6.03. The van der Waals surface area contributed by atoms with Crippen LogP contribution >= 0.6 is 11.6 Å². The predicted octanol–water partition coefficient (Wildman–Crippen LogP) is 3.74. The molecule has 1 aromatic carbocycles. The Morgan fingerprint density at radius 1 is 1.39 bits per heavy atom. The largest absolute Gasteiger partial charge is 0.271 e. The fraction of sp³-hybridized carbons (Fsp3) is 0.500. The topological polar surface area (TPSA) is 87.6 Å². The second kappa shape index (κ2) is 7.28. The number of carbonyl (C=O) groups is 1. The molecule has 0 heterocycles. The quantitative estimate of drug-likeness (QED) is 0.539. The molecular weight excluding hydrogens is 398 g/mol. The second-order valence-electron chi connectivity index (χ2n) is 8.28. The van der Waals surface area contributed by atoms with Crippen molar-refractivity contribution in [2.75, 3.05) is 6.54 Å². The summed E-state index contributed by atoms with van der Waals surface area (Å²) in [5.74, 6) is 0.116. The van der Waals surface area contributed by atoms with E-state index >= 15 is 0 Å². The number of hydrogen-bond acceptors (Lipinski definition) is 4. The van der Waals surface area contributed by atoms with Crippen molar-refractivity contribution >= 4 is 33.2 Å². The molecule has 1 amide bonds. The summed E-state index contributed by atoms with van der Waals surface area (Å²) in [5, 5.41) is 4.46. The van der Waals surface area contributed by atoms with Gasteiger partial charge in [-0.15, -0.1) is 6.58 Å². The molecule has 2 atom stereocenters. The summed E-state index contributed by atoms with van der Waals surface area (Å²) in [6.07, 6.45) is 4.56. The lowest BCUT2D eigenvalue weighted by atomic mass is 9.70. The Kier molecular flexibility index (Phi) is 5.47. The van der Waals surface area contributed by atoms with Gasteiger partial charge in [-0.2, -0.15) is 5.10 Å². The van der Waals surface area contributed by atoms with E-state index in [0.717, 1.165) is 18.6 Å². The van der Waals surface area contributed by atoms with E-state index in [1.807, 2.05) is 0 Å². The zero-order valence-electron chi connectivity index (χ0n) is 16.4. The highest BCUT2D eigenvalue weighted by Crippen LogP contribution is 2.63. The molecule has 2 fully saturated rings. The van der Waals surface area contributed by atoms with Crippen molar-refractivity contribution in [3.63, 3.8) is 0 Å². The van der Waals surface area contributed by atoms with E-state index in [2.05, 4.69) is 42.6 Å². The average molecular weight is 424 g/mol. The van der Waals surface area contributed by atoms with Crippen LogP contribution in [0.3, 0.4) is 0 Å². The minimum Gasteiger partial charge on any atom is -0.267 e. The highest BCUT2D eigenvalue weighted by molar-refractivity contribution is 7.89. The monoisotopic (exact) mass is 423 g/mol.